The molecular formula is C23H22F3N3O. The van der Waals surface area contributed by atoms with Crippen LogP contribution in [-0.2, 0) is 12.7 Å². The number of rotatable bonds is 4. The van der Waals surface area contributed by atoms with Gasteiger partial charge in [-0.1, -0.05) is 36.8 Å². The van der Waals surface area contributed by atoms with Crippen LogP contribution in [0, 0.1) is 0 Å². The zero-order valence-electron chi connectivity index (χ0n) is 16.4. The van der Waals surface area contributed by atoms with Crippen LogP contribution in [0.3, 0.4) is 0 Å². The van der Waals surface area contributed by atoms with E-state index in [1.54, 1.807) is 18.2 Å². The van der Waals surface area contributed by atoms with Gasteiger partial charge in [0.05, 0.1) is 16.6 Å². The maximum atomic E-state index is 13.8. The van der Waals surface area contributed by atoms with Gasteiger partial charge < -0.3 is 5.32 Å². The van der Waals surface area contributed by atoms with Gasteiger partial charge in [0.2, 0.25) is 0 Å². The minimum atomic E-state index is -4.68. The minimum Gasteiger partial charge on any atom is -0.322 e. The summed E-state index contributed by atoms with van der Waals surface area (Å²) < 4.78 is 41.4. The third-order valence-electron chi connectivity index (χ3n) is 5.34. The van der Waals surface area contributed by atoms with E-state index in [0.717, 1.165) is 31.4 Å². The highest BCUT2D eigenvalue weighted by Crippen LogP contribution is 2.37. The first-order valence-corrected chi connectivity index (χ1v) is 9.99. The van der Waals surface area contributed by atoms with Crippen LogP contribution >= 0.6 is 0 Å². The zero-order valence-corrected chi connectivity index (χ0v) is 16.4. The molecule has 7 heteroatoms. The summed E-state index contributed by atoms with van der Waals surface area (Å²) in [7, 11) is 0. The van der Waals surface area contributed by atoms with Crippen molar-refractivity contribution in [3.63, 3.8) is 0 Å². The number of pyridine rings is 1. The van der Waals surface area contributed by atoms with Crippen molar-refractivity contribution in [1.29, 1.82) is 0 Å². The first-order valence-electron chi connectivity index (χ1n) is 9.99. The molecular weight excluding hydrogens is 391 g/mol. The quantitative estimate of drug-likeness (QED) is 0.615. The van der Waals surface area contributed by atoms with E-state index >= 15 is 0 Å². The summed E-state index contributed by atoms with van der Waals surface area (Å²) >= 11 is 0. The fourth-order valence-electron chi connectivity index (χ4n) is 3.94. The lowest BCUT2D eigenvalue weighted by molar-refractivity contribution is -0.136. The molecule has 1 aliphatic rings. The zero-order chi connectivity index (χ0) is 21.1. The number of fused-ring (bicyclic) bond motifs is 1. The predicted molar refractivity (Wildman–Crippen MR) is 110 cm³/mol. The van der Waals surface area contributed by atoms with Gasteiger partial charge >= 0.3 is 6.18 Å². The molecule has 30 heavy (non-hydrogen) atoms. The Kier molecular flexibility index (Phi) is 5.72. The molecule has 1 amide bonds. The van der Waals surface area contributed by atoms with Crippen molar-refractivity contribution in [2.24, 2.45) is 0 Å². The lowest BCUT2D eigenvalue weighted by Gasteiger charge is -2.26. The molecule has 0 aliphatic carbocycles. The van der Waals surface area contributed by atoms with Crippen molar-refractivity contribution in [2.75, 3.05) is 18.4 Å². The number of amides is 1. The number of nitrogens with one attached hydrogen (secondary N) is 1. The molecule has 0 saturated carbocycles. The van der Waals surface area contributed by atoms with Gasteiger partial charge in [0.1, 0.15) is 0 Å². The second kappa shape index (κ2) is 8.44. The molecule has 2 aromatic carbocycles. The van der Waals surface area contributed by atoms with E-state index < -0.39 is 23.2 Å². The van der Waals surface area contributed by atoms with Crippen molar-refractivity contribution in [3.8, 4) is 0 Å². The summed E-state index contributed by atoms with van der Waals surface area (Å²) in [4.78, 5) is 19.2. The van der Waals surface area contributed by atoms with Gasteiger partial charge in [-0.3, -0.25) is 14.7 Å². The highest BCUT2D eigenvalue weighted by Gasteiger charge is 2.37. The molecule has 2 heterocycles. The number of carbonyl (C=O) groups is 1. The fraction of sp³-hybridized carbons (Fsp3) is 0.304. The van der Waals surface area contributed by atoms with Crippen LogP contribution in [0.4, 0.5) is 18.9 Å². The van der Waals surface area contributed by atoms with Crippen molar-refractivity contribution in [2.45, 2.75) is 32.0 Å². The number of hydrogen-bond donors (Lipinski definition) is 1. The smallest absolute Gasteiger partial charge is 0.322 e. The second-order valence-corrected chi connectivity index (χ2v) is 7.55. The Morgan fingerprint density at radius 1 is 1.03 bits per heavy atom. The van der Waals surface area contributed by atoms with Gasteiger partial charge in [0.15, 0.2) is 0 Å². The largest absolute Gasteiger partial charge is 0.417 e. The Bertz CT molecular complexity index is 1060. The molecule has 1 fully saturated rings. The van der Waals surface area contributed by atoms with Crippen LogP contribution in [0.5, 0.6) is 0 Å². The van der Waals surface area contributed by atoms with Crippen molar-refractivity contribution < 1.29 is 18.0 Å². The number of aromatic nitrogens is 1. The van der Waals surface area contributed by atoms with Crippen LogP contribution in [0.1, 0.15) is 40.7 Å². The molecule has 1 saturated heterocycles. The monoisotopic (exact) mass is 413 g/mol. The molecule has 4 rings (SSSR count). The molecule has 0 spiro atoms. The lowest BCUT2D eigenvalue weighted by atomic mass is 10.0. The van der Waals surface area contributed by atoms with E-state index in [1.807, 2.05) is 12.1 Å². The topological polar surface area (TPSA) is 45.2 Å². The van der Waals surface area contributed by atoms with E-state index in [4.69, 9.17) is 0 Å². The Morgan fingerprint density at radius 2 is 1.80 bits per heavy atom. The van der Waals surface area contributed by atoms with Gasteiger partial charge in [0.25, 0.3) is 5.91 Å². The molecule has 0 radical (unpaired) electrons. The Labute approximate surface area is 172 Å². The maximum Gasteiger partial charge on any atom is 0.417 e. The standard InChI is InChI=1S/C23H22F3N3O/c24-23(25,26)21-18-9-2-3-10-20(18)27-14-19(21)22(30)28-17-8-6-7-16(13-17)15-29-11-4-1-5-12-29/h2-3,6-10,13-14H,1,4-5,11-12,15H2,(H,28,30). The fourth-order valence-corrected chi connectivity index (χ4v) is 3.94. The van der Waals surface area contributed by atoms with E-state index in [-0.39, 0.29) is 10.9 Å². The molecule has 4 nitrogen and oxygen atoms in total. The highest BCUT2D eigenvalue weighted by atomic mass is 19.4. The van der Waals surface area contributed by atoms with Crippen LogP contribution in [-0.4, -0.2) is 28.9 Å². The minimum absolute atomic E-state index is 0.0866. The van der Waals surface area contributed by atoms with E-state index in [9.17, 15) is 18.0 Å². The third-order valence-corrected chi connectivity index (χ3v) is 5.34. The molecule has 1 aliphatic heterocycles. The number of hydrogen-bond acceptors (Lipinski definition) is 3. The number of halogens is 3. The van der Waals surface area contributed by atoms with Crippen LogP contribution < -0.4 is 5.32 Å². The summed E-state index contributed by atoms with van der Waals surface area (Å²) in [5.41, 5.74) is 0.237. The number of nitrogens with zero attached hydrogens (tertiary/aromatic N) is 2. The van der Waals surface area contributed by atoms with Gasteiger partial charge in [-0.25, -0.2) is 0 Å². The van der Waals surface area contributed by atoms with Crippen LogP contribution in [0.15, 0.2) is 54.7 Å². The molecule has 156 valence electrons. The molecule has 0 atom stereocenters. The van der Waals surface area contributed by atoms with Gasteiger partial charge in [-0.15, -0.1) is 0 Å². The SMILES string of the molecule is O=C(Nc1cccc(CN2CCCCC2)c1)c1cnc2ccccc2c1C(F)(F)F. The molecule has 1 N–H and O–H groups in total. The lowest BCUT2D eigenvalue weighted by Crippen LogP contribution is -2.29. The van der Waals surface area contributed by atoms with Crippen molar-refractivity contribution >= 4 is 22.5 Å². The number of para-hydroxylation sites is 1. The summed E-state index contributed by atoms with van der Waals surface area (Å²) in [6, 6.07) is 13.2. The summed E-state index contributed by atoms with van der Waals surface area (Å²) in [6.07, 6.45) is -0.0887. The second-order valence-electron chi connectivity index (χ2n) is 7.55. The van der Waals surface area contributed by atoms with E-state index in [0.29, 0.717) is 5.69 Å². The summed E-state index contributed by atoms with van der Waals surface area (Å²) in [5.74, 6) is -0.823. The number of benzene rings is 2. The Balaban J connectivity index is 1.60. The highest BCUT2D eigenvalue weighted by molar-refractivity contribution is 6.07. The average molecular weight is 413 g/mol. The van der Waals surface area contributed by atoms with Crippen molar-refractivity contribution in [3.05, 3.63) is 71.4 Å². The molecule has 0 unspecified atom stereocenters. The number of piperidine rings is 1. The number of alkyl halides is 3. The first-order chi connectivity index (χ1) is 14.4. The third kappa shape index (κ3) is 4.46. The Hall–Kier alpha value is -2.93. The summed E-state index contributed by atoms with van der Waals surface area (Å²) in [5, 5.41) is 2.53. The Morgan fingerprint density at radius 3 is 2.57 bits per heavy atom. The number of likely N-dealkylation sites (tertiary alicyclic amines) is 1. The van der Waals surface area contributed by atoms with Gasteiger partial charge in [-0.05, 0) is 49.7 Å². The normalized spacial score (nSPS) is 15.3. The first kappa shape index (κ1) is 20.3. The summed E-state index contributed by atoms with van der Waals surface area (Å²) in [6.45, 7) is 2.83. The maximum absolute atomic E-state index is 13.8. The number of carbonyl (C=O) groups excluding carboxylic acids is 1. The van der Waals surface area contributed by atoms with Gasteiger partial charge in [0, 0.05) is 23.8 Å². The van der Waals surface area contributed by atoms with E-state index in [1.165, 1.54) is 37.5 Å². The van der Waals surface area contributed by atoms with E-state index in [2.05, 4.69) is 15.2 Å². The van der Waals surface area contributed by atoms with Crippen molar-refractivity contribution in [1.82, 2.24) is 9.88 Å². The van der Waals surface area contributed by atoms with Gasteiger partial charge in [-0.2, -0.15) is 13.2 Å². The number of anilines is 1. The van der Waals surface area contributed by atoms with Crippen LogP contribution in [0.25, 0.3) is 10.9 Å². The molecule has 0 bridgehead atoms. The molecule has 3 aromatic rings. The average Bonchev–Trinajstić information content (AvgIpc) is 2.73. The molecule has 1 aromatic heterocycles. The van der Waals surface area contributed by atoms with Crippen LogP contribution in [0.2, 0.25) is 0 Å². The predicted octanol–water partition coefficient (Wildman–Crippen LogP) is 5.49.